The molecule has 1 aromatic heterocycles. The molecule has 0 saturated heterocycles. The van der Waals surface area contributed by atoms with Gasteiger partial charge in [0, 0.05) is 5.02 Å². The van der Waals surface area contributed by atoms with Gasteiger partial charge in [0.15, 0.2) is 4.34 Å². The Kier molecular flexibility index (Phi) is 6.07. The second-order valence-corrected chi connectivity index (χ2v) is 8.17. The lowest BCUT2D eigenvalue weighted by molar-refractivity contribution is -0.120. The highest BCUT2D eigenvalue weighted by atomic mass is 35.5. The van der Waals surface area contributed by atoms with Gasteiger partial charge in [0.25, 0.3) is 5.91 Å². The molecule has 2 aromatic carbocycles. The van der Waals surface area contributed by atoms with Crippen molar-refractivity contribution in [3.63, 3.8) is 0 Å². The van der Waals surface area contributed by atoms with E-state index in [2.05, 4.69) is 15.5 Å². The Hall–Kier alpha value is -1.89. The molecule has 7 heteroatoms. The third-order valence-corrected chi connectivity index (χ3v) is 6.15. The van der Waals surface area contributed by atoms with Crippen molar-refractivity contribution in [1.82, 2.24) is 10.4 Å². The number of fused-ring (bicyclic) bond motifs is 1. The van der Waals surface area contributed by atoms with Crippen LogP contribution >= 0.6 is 34.7 Å². The van der Waals surface area contributed by atoms with Gasteiger partial charge in [-0.3, -0.25) is 4.79 Å². The average molecular weight is 390 g/mol. The number of thiazole rings is 1. The molecule has 0 fully saturated rings. The first kappa shape index (κ1) is 17.9. The van der Waals surface area contributed by atoms with Crippen LogP contribution in [0.4, 0.5) is 0 Å². The van der Waals surface area contributed by atoms with Crippen LogP contribution in [0.2, 0.25) is 5.02 Å². The molecule has 3 rings (SSSR count). The first-order chi connectivity index (χ1) is 12.2. The fourth-order valence-electron chi connectivity index (χ4n) is 2.17. The molecule has 1 atom stereocenters. The van der Waals surface area contributed by atoms with Crippen LogP contribution in [0.1, 0.15) is 18.9 Å². The van der Waals surface area contributed by atoms with E-state index in [4.69, 9.17) is 11.6 Å². The molecular weight excluding hydrogens is 374 g/mol. The van der Waals surface area contributed by atoms with Crippen molar-refractivity contribution in [3.8, 4) is 0 Å². The predicted molar refractivity (Wildman–Crippen MR) is 107 cm³/mol. The monoisotopic (exact) mass is 389 g/mol. The first-order valence-electron chi connectivity index (χ1n) is 7.76. The quantitative estimate of drug-likeness (QED) is 0.368. The molecule has 3 aromatic rings. The number of benzene rings is 2. The zero-order chi connectivity index (χ0) is 17.6. The molecule has 0 saturated carbocycles. The number of para-hydroxylation sites is 1. The Morgan fingerprint density at radius 3 is 2.96 bits per heavy atom. The normalized spacial score (nSPS) is 12.6. The van der Waals surface area contributed by atoms with Crippen molar-refractivity contribution in [1.29, 1.82) is 0 Å². The summed E-state index contributed by atoms with van der Waals surface area (Å²) in [6, 6.07) is 15.2. The molecule has 25 heavy (non-hydrogen) atoms. The van der Waals surface area contributed by atoms with E-state index in [0.717, 1.165) is 20.1 Å². The number of carbonyl (C=O) groups is 1. The zero-order valence-corrected chi connectivity index (χ0v) is 15.9. The van der Waals surface area contributed by atoms with Crippen LogP contribution in [0, 0.1) is 0 Å². The molecule has 0 unspecified atom stereocenters. The lowest BCUT2D eigenvalue weighted by atomic mass is 10.2. The number of thioether (sulfide) groups is 1. The standard InChI is InChI=1S/C18H16ClN3OS2/c1-2-15(24-18-21-14-8-3-4-9-16(14)25-18)17(23)22-20-11-12-6-5-7-13(19)10-12/h3-11,15H,2H2,1H3,(H,22,23)/b20-11-/t15-/m1/s1. The van der Waals surface area contributed by atoms with E-state index in [1.165, 1.54) is 11.8 Å². The summed E-state index contributed by atoms with van der Waals surface area (Å²) in [7, 11) is 0. The number of nitrogens with one attached hydrogen (secondary N) is 1. The highest BCUT2D eigenvalue weighted by Gasteiger charge is 2.19. The molecule has 0 radical (unpaired) electrons. The summed E-state index contributed by atoms with van der Waals surface area (Å²) in [6.45, 7) is 1.98. The number of halogens is 1. The Bertz CT molecular complexity index is 877. The van der Waals surface area contributed by atoms with E-state index in [-0.39, 0.29) is 11.2 Å². The molecule has 0 aliphatic carbocycles. The Labute approximate surface area is 159 Å². The summed E-state index contributed by atoms with van der Waals surface area (Å²) in [4.78, 5) is 16.9. The molecule has 4 nitrogen and oxygen atoms in total. The number of carbonyl (C=O) groups excluding carboxylic acids is 1. The van der Waals surface area contributed by atoms with Gasteiger partial charge in [0.05, 0.1) is 21.7 Å². The molecule has 0 spiro atoms. The SMILES string of the molecule is CC[C@@H](Sc1nc2ccccc2s1)C(=O)N/N=C\c1cccc(Cl)c1. The van der Waals surface area contributed by atoms with E-state index >= 15 is 0 Å². The fraction of sp³-hybridized carbons (Fsp3) is 0.167. The molecule has 0 aliphatic heterocycles. The van der Waals surface area contributed by atoms with Gasteiger partial charge in [-0.25, -0.2) is 10.4 Å². The van der Waals surface area contributed by atoms with Crippen LogP contribution in [-0.4, -0.2) is 22.4 Å². The number of hydrazone groups is 1. The maximum atomic E-state index is 12.4. The lowest BCUT2D eigenvalue weighted by Gasteiger charge is -2.10. The van der Waals surface area contributed by atoms with Crippen molar-refractivity contribution in [2.24, 2.45) is 5.10 Å². The van der Waals surface area contributed by atoms with E-state index in [1.807, 2.05) is 43.3 Å². The number of hydrogen-bond donors (Lipinski definition) is 1. The summed E-state index contributed by atoms with van der Waals surface area (Å²) in [6.07, 6.45) is 2.28. The van der Waals surface area contributed by atoms with Crippen LogP contribution < -0.4 is 5.43 Å². The summed E-state index contributed by atoms with van der Waals surface area (Å²) in [5.41, 5.74) is 4.39. The highest BCUT2D eigenvalue weighted by molar-refractivity contribution is 8.02. The first-order valence-corrected chi connectivity index (χ1v) is 9.84. The van der Waals surface area contributed by atoms with E-state index in [1.54, 1.807) is 29.7 Å². The van der Waals surface area contributed by atoms with Gasteiger partial charge in [-0.15, -0.1) is 11.3 Å². The van der Waals surface area contributed by atoms with Crippen molar-refractivity contribution in [2.75, 3.05) is 0 Å². The number of aromatic nitrogens is 1. The van der Waals surface area contributed by atoms with E-state index < -0.39 is 0 Å². The minimum absolute atomic E-state index is 0.134. The summed E-state index contributed by atoms with van der Waals surface area (Å²) >= 11 is 9.00. The van der Waals surface area contributed by atoms with Crippen molar-refractivity contribution >= 4 is 57.0 Å². The topological polar surface area (TPSA) is 54.4 Å². The summed E-state index contributed by atoms with van der Waals surface area (Å²) < 4.78 is 2.02. The molecule has 1 N–H and O–H groups in total. The zero-order valence-electron chi connectivity index (χ0n) is 13.5. The maximum absolute atomic E-state index is 12.4. The summed E-state index contributed by atoms with van der Waals surface area (Å²) in [5.74, 6) is -0.134. The van der Waals surface area contributed by atoms with Crippen LogP contribution in [0.3, 0.4) is 0 Å². The number of rotatable bonds is 6. The molecular formula is C18H16ClN3OS2. The van der Waals surface area contributed by atoms with Crippen LogP contribution in [0.5, 0.6) is 0 Å². The Morgan fingerprint density at radius 1 is 1.36 bits per heavy atom. The molecule has 0 aliphatic rings. The third-order valence-electron chi connectivity index (χ3n) is 3.42. The van der Waals surface area contributed by atoms with Gasteiger partial charge in [-0.2, -0.15) is 5.10 Å². The van der Waals surface area contributed by atoms with E-state index in [0.29, 0.717) is 11.4 Å². The van der Waals surface area contributed by atoms with Crippen molar-refractivity contribution < 1.29 is 4.79 Å². The van der Waals surface area contributed by atoms with Gasteiger partial charge in [-0.1, -0.05) is 54.6 Å². The van der Waals surface area contributed by atoms with Gasteiger partial charge >= 0.3 is 0 Å². The van der Waals surface area contributed by atoms with E-state index in [9.17, 15) is 4.79 Å². The van der Waals surface area contributed by atoms with Gasteiger partial charge < -0.3 is 0 Å². The number of nitrogens with zero attached hydrogens (tertiary/aromatic N) is 2. The number of hydrogen-bond acceptors (Lipinski definition) is 5. The second kappa shape index (κ2) is 8.47. The van der Waals surface area contributed by atoms with Crippen LogP contribution in [0.15, 0.2) is 58.0 Å². The van der Waals surface area contributed by atoms with Crippen molar-refractivity contribution in [3.05, 3.63) is 59.1 Å². The van der Waals surface area contributed by atoms with Gasteiger partial charge in [0.2, 0.25) is 0 Å². The fourth-order valence-corrected chi connectivity index (χ4v) is 4.60. The predicted octanol–water partition coefficient (Wildman–Crippen LogP) is 4.97. The third kappa shape index (κ3) is 4.81. The molecule has 0 bridgehead atoms. The maximum Gasteiger partial charge on any atom is 0.253 e. The van der Waals surface area contributed by atoms with Crippen molar-refractivity contribution in [2.45, 2.75) is 22.9 Å². The lowest BCUT2D eigenvalue weighted by Crippen LogP contribution is -2.28. The smallest absolute Gasteiger partial charge is 0.253 e. The number of amides is 1. The summed E-state index contributed by atoms with van der Waals surface area (Å²) in [5, 5.41) is 4.42. The second-order valence-electron chi connectivity index (χ2n) is 5.25. The van der Waals surface area contributed by atoms with Crippen LogP contribution in [0.25, 0.3) is 10.2 Å². The van der Waals surface area contributed by atoms with Gasteiger partial charge in [-0.05, 0) is 36.2 Å². The highest BCUT2D eigenvalue weighted by Crippen LogP contribution is 2.33. The minimum Gasteiger partial charge on any atom is -0.272 e. The van der Waals surface area contributed by atoms with Gasteiger partial charge in [0.1, 0.15) is 0 Å². The largest absolute Gasteiger partial charge is 0.272 e. The van der Waals surface area contributed by atoms with Crippen LogP contribution in [-0.2, 0) is 4.79 Å². The average Bonchev–Trinajstić information content (AvgIpc) is 3.02. The molecule has 1 amide bonds. The Balaban J connectivity index is 1.62. The molecule has 1 heterocycles. The minimum atomic E-state index is -0.239. The Morgan fingerprint density at radius 2 is 2.20 bits per heavy atom. The molecule has 128 valence electrons.